The van der Waals surface area contributed by atoms with Gasteiger partial charge in [0, 0.05) is 23.3 Å². The second kappa shape index (κ2) is 7.65. The van der Waals surface area contributed by atoms with Crippen LogP contribution in [0, 0.1) is 0 Å². The molecule has 1 aromatic heterocycles. The summed E-state index contributed by atoms with van der Waals surface area (Å²) in [5, 5.41) is 0. The highest BCUT2D eigenvalue weighted by Gasteiger charge is 2.41. The number of ether oxygens (including phenoxy) is 2. The fraction of sp³-hybridized carbons (Fsp3) is 0.115. The van der Waals surface area contributed by atoms with Crippen molar-refractivity contribution in [2.24, 2.45) is 0 Å². The predicted octanol–water partition coefficient (Wildman–Crippen LogP) is 5.80. The van der Waals surface area contributed by atoms with E-state index in [0.29, 0.717) is 11.5 Å². The second-order valence-corrected chi connectivity index (χ2v) is 7.26. The zero-order valence-electron chi connectivity index (χ0n) is 16.4. The van der Waals surface area contributed by atoms with Crippen molar-refractivity contribution in [3.8, 4) is 28.4 Å². The van der Waals surface area contributed by atoms with Crippen molar-refractivity contribution in [1.82, 2.24) is 0 Å². The van der Waals surface area contributed by atoms with Crippen LogP contribution in [0.3, 0.4) is 0 Å². The van der Waals surface area contributed by atoms with Gasteiger partial charge in [-0.25, -0.2) is 0 Å². The van der Waals surface area contributed by atoms with Crippen molar-refractivity contribution >= 4 is 0 Å². The SMILES string of the molecule is COc1ccc(C2OC2c2ccc(-c3cc(=O)cc(-c4ccccc4)o3)cc2)cc1. The van der Waals surface area contributed by atoms with Gasteiger partial charge < -0.3 is 13.9 Å². The Balaban J connectivity index is 1.37. The lowest BCUT2D eigenvalue weighted by molar-refractivity contribution is 0.377. The molecule has 0 amide bonds. The monoisotopic (exact) mass is 396 g/mol. The average Bonchev–Trinajstić information content (AvgIpc) is 3.60. The quantitative estimate of drug-likeness (QED) is 0.400. The Kier molecular flexibility index (Phi) is 4.69. The molecule has 3 aromatic carbocycles. The summed E-state index contributed by atoms with van der Waals surface area (Å²) < 4.78 is 17.1. The summed E-state index contributed by atoms with van der Waals surface area (Å²) in [5.74, 6) is 1.95. The maximum Gasteiger partial charge on any atom is 0.186 e. The van der Waals surface area contributed by atoms with Crippen molar-refractivity contribution in [2.75, 3.05) is 7.11 Å². The minimum atomic E-state index is -0.0794. The topological polar surface area (TPSA) is 52.0 Å². The number of rotatable bonds is 5. The van der Waals surface area contributed by atoms with Crippen LogP contribution in [0.1, 0.15) is 23.3 Å². The molecule has 2 atom stereocenters. The predicted molar refractivity (Wildman–Crippen MR) is 115 cm³/mol. The molecule has 2 heterocycles. The minimum Gasteiger partial charge on any atom is -0.497 e. The maximum absolute atomic E-state index is 12.2. The lowest BCUT2D eigenvalue weighted by atomic mass is 10.0. The average molecular weight is 396 g/mol. The van der Waals surface area contributed by atoms with E-state index in [1.807, 2.05) is 78.9 Å². The summed E-state index contributed by atoms with van der Waals surface area (Å²) in [6, 6.07) is 28.6. The van der Waals surface area contributed by atoms with E-state index in [0.717, 1.165) is 28.0 Å². The third-order valence-electron chi connectivity index (χ3n) is 5.28. The van der Waals surface area contributed by atoms with Crippen LogP contribution in [-0.4, -0.2) is 7.11 Å². The molecule has 1 aliphatic rings. The molecule has 0 aliphatic carbocycles. The molecule has 4 nitrogen and oxygen atoms in total. The van der Waals surface area contributed by atoms with Crippen molar-refractivity contribution in [1.29, 1.82) is 0 Å². The zero-order chi connectivity index (χ0) is 20.5. The van der Waals surface area contributed by atoms with Crippen LogP contribution in [0.25, 0.3) is 22.6 Å². The molecule has 148 valence electrons. The van der Waals surface area contributed by atoms with E-state index >= 15 is 0 Å². The fourth-order valence-electron chi connectivity index (χ4n) is 3.61. The first-order valence-electron chi connectivity index (χ1n) is 9.81. The van der Waals surface area contributed by atoms with E-state index in [1.165, 1.54) is 12.1 Å². The smallest absolute Gasteiger partial charge is 0.186 e. The third kappa shape index (κ3) is 3.65. The van der Waals surface area contributed by atoms with Gasteiger partial charge in [0.05, 0.1) is 7.11 Å². The van der Waals surface area contributed by atoms with Crippen molar-refractivity contribution in [2.45, 2.75) is 12.2 Å². The Bertz CT molecular complexity index is 1210. The summed E-state index contributed by atoms with van der Waals surface area (Å²) in [7, 11) is 1.66. The Labute approximate surface area is 174 Å². The Morgan fingerprint density at radius 2 is 1.23 bits per heavy atom. The lowest BCUT2D eigenvalue weighted by Gasteiger charge is -2.06. The van der Waals surface area contributed by atoms with Crippen molar-refractivity contribution in [3.05, 3.63) is 112 Å². The molecule has 0 bridgehead atoms. The Morgan fingerprint density at radius 1 is 0.700 bits per heavy atom. The summed E-state index contributed by atoms with van der Waals surface area (Å²) in [6.45, 7) is 0. The molecule has 2 unspecified atom stereocenters. The van der Waals surface area contributed by atoms with Crippen LogP contribution in [0.15, 0.2) is 100 Å². The third-order valence-corrected chi connectivity index (χ3v) is 5.28. The van der Waals surface area contributed by atoms with Gasteiger partial charge in [0.1, 0.15) is 29.5 Å². The molecular formula is C26H20O4. The van der Waals surface area contributed by atoms with Gasteiger partial charge in [-0.15, -0.1) is 0 Å². The molecule has 5 rings (SSSR count). The summed E-state index contributed by atoms with van der Waals surface area (Å²) in [4.78, 5) is 12.2. The van der Waals surface area contributed by atoms with Gasteiger partial charge in [-0.3, -0.25) is 4.79 Å². The molecule has 4 aromatic rings. The molecule has 0 radical (unpaired) electrons. The largest absolute Gasteiger partial charge is 0.497 e. The first-order valence-corrected chi connectivity index (χ1v) is 9.81. The fourth-order valence-corrected chi connectivity index (χ4v) is 3.61. The van der Waals surface area contributed by atoms with Gasteiger partial charge in [-0.2, -0.15) is 0 Å². The normalized spacial score (nSPS) is 17.5. The van der Waals surface area contributed by atoms with Gasteiger partial charge in [-0.1, -0.05) is 66.7 Å². The van der Waals surface area contributed by atoms with Crippen LogP contribution >= 0.6 is 0 Å². The van der Waals surface area contributed by atoms with Crippen LogP contribution < -0.4 is 10.2 Å². The molecule has 0 spiro atoms. The molecular weight excluding hydrogens is 376 g/mol. The molecule has 1 saturated heterocycles. The molecule has 1 fully saturated rings. The van der Waals surface area contributed by atoms with Gasteiger partial charge in [-0.05, 0) is 23.3 Å². The highest BCUT2D eigenvalue weighted by Crippen LogP contribution is 2.51. The highest BCUT2D eigenvalue weighted by atomic mass is 16.6. The van der Waals surface area contributed by atoms with Crippen LogP contribution in [0.5, 0.6) is 5.75 Å². The van der Waals surface area contributed by atoms with Crippen LogP contribution in [0.2, 0.25) is 0 Å². The summed E-state index contributed by atoms with van der Waals surface area (Å²) >= 11 is 0. The van der Waals surface area contributed by atoms with Crippen LogP contribution in [0.4, 0.5) is 0 Å². The molecule has 0 saturated carbocycles. The van der Waals surface area contributed by atoms with E-state index in [-0.39, 0.29) is 17.6 Å². The zero-order valence-corrected chi connectivity index (χ0v) is 16.4. The molecule has 4 heteroatoms. The van der Waals surface area contributed by atoms with E-state index in [4.69, 9.17) is 13.9 Å². The highest BCUT2D eigenvalue weighted by molar-refractivity contribution is 5.63. The first kappa shape index (κ1) is 18.4. The van der Waals surface area contributed by atoms with E-state index in [2.05, 4.69) is 0 Å². The second-order valence-electron chi connectivity index (χ2n) is 7.26. The lowest BCUT2D eigenvalue weighted by Crippen LogP contribution is -1.98. The molecule has 30 heavy (non-hydrogen) atoms. The van der Waals surface area contributed by atoms with E-state index < -0.39 is 0 Å². The van der Waals surface area contributed by atoms with Gasteiger partial charge in [0.25, 0.3) is 0 Å². The first-order chi connectivity index (χ1) is 14.7. The number of hydrogen-bond acceptors (Lipinski definition) is 4. The number of benzene rings is 3. The maximum atomic E-state index is 12.2. The molecule has 0 N–H and O–H groups in total. The Morgan fingerprint density at radius 3 is 1.80 bits per heavy atom. The minimum absolute atomic E-state index is 0.0371. The van der Waals surface area contributed by atoms with Crippen LogP contribution in [-0.2, 0) is 4.74 Å². The Hall–Kier alpha value is -3.63. The van der Waals surface area contributed by atoms with Gasteiger partial charge >= 0.3 is 0 Å². The number of epoxide rings is 1. The molecule has 1 aliphatic heterocycles. The van der Waals surface area contributed by atoms with E-state index in [9.17, 15) is 4.79 Å². The number of methoxy groups -OCH3 is 1. The van der Waals surface area contributed by atoms with Gasteiger partial charge in [0.2, 0.25) is 0 Å². The van der Waals surface area contributed by atoms with Crippen molar-refractivity contribution in [3.63, 3.8) is 0 Å². The standard InChI is InChI=1S/C26H20O4/c1-28-22-13-11-20(12-14-22)26-25(30-26)19-9-7-18(8-10-19)24-16-21(27)15-23(29-24)17-5-3-2-4-6-17/h2-16,25-26H,1H3. The van der Waals surface area contributed by atoms with Crippen molar-refractivity contribution < 1.29 is 13.9 Å². The van der Waals surface area contributed by atoms with Gasteiger partial charge in [0.15, 0.2) is 5.43 Å². The number of hydrogen-bond donors (Lipinski definition) is 0. The summed E-state index contributed by atoms with van der Waals surface area (Å²) in [5.41, 5.74) is 3.88. The van der Waals surface area contributed by atoms with E-state index in [1.54, 1.807) is 7.11 Å². The summed E-state index contributed by atoms with van der Waals surface area (Å²) in [6.07, 6.45) is 0.0937.